The molecule has 3 rings (SSSR count). The van der Waals surface area contributed by atoms with Crippen LogP contribution in [0, 0.1) is 6.92 Å². The average molecular weight is 335 g/mol. The first-order valence-electron chi connectivity index (χ1n) is 7.70. The van der Waals surface area contributed by atoms with Gasteiger partial charge in [0.1, 0.15) is 0 Å². The van der Waals surface area contributed by atoms with E-state index in [1.165, 1.54) is 58.7 Å². The van der Waals surface area contributed by atoms with Gasteiger partial charge in [-0.05, 0) is 58.8 Å². The first-order chi connectivity index (χ1) is 9.72. The molecule has 0 spiro atoms. The predicted molar refractivity (Wildman–Crippen MR) is 89.3 cm³/mol. The molecule has 3 heteroatoms. The van der Waals surface area contributed by atoms with Gasteiger partial charge in [0.05, 0.1) is 4.60 Å². The van der Waals surface area contributed by atoms with Crippen LogP contribution < -0.4 is 5.73 Å². The molecule has 20 heavy (non-hydrogen) atoms. The number of hydrogen-bond donors (Lipinski definition) is 1. The number of rotatable bonds is 3. The Bertz CT molecular complexity index is 609. The third-order valence-electron chi connectivity index (χ3n) is 4.56. The topological polar surface area (TPSA) is 30.9 Å². The molecule has 108 valence electrons. The summed E-state index contributed by atoms with van der Waals surface area (Å²) >= 11 is 3.86. The van der Waals surface area contributed by atoms with Gasteiger partial charge in [0.15, 0.2) is 0 Å². The van der Waals surface area contributed by atoms with Crippen LogP contribution in [0.3, 0.4) is 0 Å². The molecule has 0 amide bonds. The van der Waals surface area contributed by atoms with Crippen LogP contribution in [-0.4, -0.2) is 11.1 Å². The van der Waals surface area contributed by atoms with Crippen LogP contribution in [0.1, 0.15) is 49.1 Å². The van der Waals surface area contributed by atoms with Crippen LogP contribution in [-0.2, 0) is 6.54 Å². The molecule has 1 saturated carbocycles. The van der Waals surface area contributed by atoms with E-state index in [0.717, 1.165) is 6.54 Å². The van der Waals surface area contributed by atoms with Crippen LogP contribution >= 0.6 is 15.9 Å². The largest absolute Gasteiger partial charge is 0.334 e. The zero-order chi connectivity index (χ0) is 14.1. The Labute approximate surface area is 129 Å². The Morgan fingerprint density at radius 1 is 1.25 bits per heavy atom. The maximum absolute atomic E-state index is 5.80. The van der Waals surface area contributed by atoms with E-state index in [4.69, 9.17) is 5.73 Å². The minimum Gasteiger partial charge on any atom is -0.334 e. The second-order valence-electron chi connectivity index (χ2n) is 6.00. The Hall–Kier alpha value is -0.800. The van der Waals surface area contributed by atoms with E-state index in [2.05, 4.69) is 45.6 Å². The summed E-state index contributed by atoms with van der Waals surface area (Å²) in [6, 6.07) is 6.82. The van der Waals surface area contributed by atoms with Gasteiger partial charge < -0.3 is 10.3 Å². The lowest BCUT2D eigenvalue weighted by Gasteiger charge is -2.22. The standard InChI is InChI=1S/C17H23BrN2/c1-12-7-8-14-15(11-12)20(10-9-19)17(18)16(14)13-5-3-2-4-6-13/h7-8,11,13H,2-6,9-10,19H2,1H3. The van der Waals surface area contributed by atoms with Crippen molar-refractivity contribution in [3.63, 3.8) is 0 Å². The van der Waals surface area contributed by atoms with Gasteiger partial charge in [0, 0.05) is 24.0 Å². The number of benzene rings is 1. The molecular formula is C17H23BrN2. The van der Waals surface area contributed by atoms with E-state index >= 15 is 0 Å². The van der Waals surface area contributed by atoms with Gasteiger partial charge in [0.25, 0.3) is 0 Å². The van der Waals surface area contributed by atoms with Crippen molar-refractivity contribution in [2.75, 3.05) is 6.54 Å². The summed E-state index contributed by atoms with van der Waals surface area (Å²) in [7, 11) is 0. The zero-order valence-corrected chi connectivity index (χ0v) is 13.7. The number of aromatic nitrogens is 1. The van der Waals surface area contributed by atoms with E-state index in [9.17, 15) is 0 Å². The van der Waals surface area contributed by atoms with Gasteiger partial charge in [0.2, 0.25) is 0 Å². The number of fused-ring (bicyclic) bond motifs is 1. The number of halogens is 1. The molecule has 2 N–H and O–H groups in total. The summed E-state index contributed by atoms with van der Waals surface area (Å²) < 4.78 is 3.61. The summed E-state index contributed by atoms with van der Waals surface area (Å²) in [6.07, 6.45) is 6.79. The van der Waals surface area contributed by atoms with Gasteiger partial charge in [-0.1, -0.05) is 31.4 Å². The fraction of sp³-hybridized carbons (Fsp3) is 0.529. The SMILES string of the molecule is Cc1ccc2c(C3CCCCC3)c(Br)n(CCN)c2c1. The highest BCUT2D eigenvalue weighted by atomic mass is 79.9. The maximum atomic E-state index is 5.80. The first-order valence-corrected chi connectivity index (χ1v) is 8.50. The maximum Gasteiger partial charge on any atom is 0.0893 e. The molecule has 0 unspecified atom stereocenters. The lowest BCUT2D eigenvalue weighted by molar-refractivity contribution is 0.443. The number of nitrogens with zero attached hydrogens (tertiary/aromatic N) is 1. The molecule has 1 aromatic heterocycles. The monoisotopic (exact) mass is 334 g/mol. The van der Waals surface area contributed by atoms with Crippen molar-refractivity contribution in [1.82, 2.24) is 4.57 Å². The van der Waals surface area contributed by atoms with Crippen molar-refractivity contribution in [2.45, 2.75) is 51.5 Å². The second kappa shape index (κ2) is 5.90. The van der Waals surface area contributed by atoms with Crippen LogP contribution in [0.4, 0.5) is 0 Å². The third kappa shape index (κ3) is 2.42. The summed E-state index contributed by atoms with van der Waals surface area (Å²) in [5.41, 5.74) is 9.98. The normalized spacial score (nSPS) is 16.9. The number of aryl methyl sites for hydroxylation is 1. The van der Waals surface area contributed by atoms with Gasteiger partial charge in [-0.15, -0.1) is 0 Å². The summed E-state index contributed by atoms with van der Waals surface area (Å²) in [5, 5.41) is 1.42. The quantitative estimate of drug-likeness (QED) is 0.865. The molecule has 1 aromatic carbocycles. The zero-order valence-electron chi connectivity index (χ0n) is 12.2. The summed E-state index contributed by atoms with van der Waals surface area (Å²) in [4.78, 5) is 0. The minimum atomic E-state index is 0.681. The molecule has 0 radical (unpaired) electrons. The molecule has 1 heterocycles. The van der Waals surface area contributed by atoms with Gasteiger partial charge >= 0.3 is 0 Å². The van der Waals surface area contributed by atoms with Gasteiger partial charge in [-0.25, -0.2) is 0 Å². The Morgan fingerprint density at radius 3 is 2.70 bits per heavy atom. The molecule has 1 aliphatic carbocycles. The van der Waals surface area contributed by atoms with E-state index in [1.807, 2.05) is 0 Å². The molecule has 1 aliphatic rings. The fourth-order valence-electron chi connectivity index (χ4n) is 3.58. The molecule has 0 bridgehead atoms. The average Bonchev–Trinajstić information content (AvgIpc) is 2.73. The third-order valence-corrected chi connectivity index (χ3v) is 5.41. The highest BCUT2D eigenvalue weighted by Gasteiger charge is 2.24. The van der Waals surface area contributed by atoms with Crippen LogP contribution in [0.25, 0.3) is 10.9 Å². The van der Waals surface area contributed by atoms with Crippen molar-refractivity contribution in [3.8, 4) is 0 Å². The molecule has 1 fully saturated rings. The van der Waals surface area contributed by atoms with Gasteiger partial charge in [-0.3, -0.25) is 0 Å². The summed E-state index contributed by atoms with van der Waals surface area (Å²) in [5.74, 6) is 0.711. The van der Waals surface area contributed by atoms with Crippen molar-refractivity contribution >= 4 is 26.8 Å². The van der Waals surface area contributed by atoms with Crippen molar-refractivity contribution in [2.24, 2.45) is 5.73 Å². The van der Waals surface area contributed by atoms with Crippen LogP contribution in [0.5, 0.6) is 0 Å². The van der Waals surface area contributed by atoms with Crippen LogP contribution in [0.2, 0.25) is 0 Å². The molecule has 0 atom stereocenters. The molecule has 2 aromatic rings. The molecule has 0 saturated heterocycles. The Balaban J connectivity index is 2.17. The first kappa shape index (κ1) is 14.2. The second-order valence-corrected chi connectivity index (χ2v) is 6.75. The van der Waals surface area contributed by atoms with Gasteiger partial charge in [-0.2, -0.15) is 0 Å². The number of nitrogens with two attached hydrogens (primary N) is 1. The van der Waals surface area contributed by atoms with Crippen molar-refractivity contribution in [3.05, 3.63) is 33.9 Å². The fourth-order valence-corrected chi connectivity index (χ4v) is 4.49. The van der Waals surface area contributed by atoms with E-state index in [1.54, 1.807) is 0 Å². The highest BCUT2D eigenvalue weighted by Crippen LogP contribution is 2.42. The molecule has 0 aliphatic heterocycles. The van der Waals surface area contributed by atoms with E-state index in [0.29, 0.717) is 12.5 Å². The predicted octanol–water partition coefficient (Wildman–Crippen LogP) is 4.72. The van der Waals surface area contributed by atoms with E-state index < -0.39 is 0 Å². The molecule has 2 nitrogen and oxygen atoms in total. The lowest BCUT2D eigenvalue weighted by Crippen LogP contribution is -2.10. The smallest absolute Gasteiger partial charge is 0.0893 e. The van der Waals surface area contributed by atoms with Crippen molar-refractivity contribution in [1.29, 1.82) is 0 Å². The lowest BCUT2D eigenvalue weighted by atomic mass is 9.84. The highest BCUT2D eigenvalue weighted by molar-refractivity contribution is 9.10. The van der Waals surface area contributed by atoms with Crippen LogP contribution in [0.15, 0.2) is 22.8 Å². The molecular weight excluding hydrogens is 312 g/mol. The number of hydrogen-bond acceptors (Lipinski definition) is 1. The Kier molecular flexibility index (Phi) is 4.18. The van der Waals surface area contributed by atoms with Crippen molar-refractivity contribution < 1.29 is 0 Å². The minimum absolute atomic E-state index is 0.681. The van der Waals surface area contributed by atoms with E-state index in [-0.39, 0.29) is 0 Å². The Morgan fingerprint density at radius 2 is 2.00 bits per heavy atom. The summed E-state index contributed by atoms with van der Waals surface area (Å²) in [6.45, 7) is 3.72.